The number of ether oxygens (including phenoxy) is 3. The number of nitrogens with one attached hydrogen (secondary N) is 1. The van der Waals surface area contributed by atoms with Gasteiger partial charge in [-0.05, 0) is 36.8 Å². The minimum Gasteiger partial charge on any atom is -0.493 e. The van der Waals surface area contributed by atoms with E-state index in [1.54, 1.807) is 24.3 Å². The minimum absolute atomic E-state index is 0.182. The van der Waals surface area contributed by atoms with E-state index >= 15 is 0 Å². The molecule has 0 bridgehead atoms. The highest BCUT2D eigenvalue weighted by Crippen LogP contribution is 2.28. The van der Waals surface area contributed by atoms with E-state index in [0.717, 1.165) is 12.8 Å². The van der Waals surface area contributed by atoms with Gasteiger partial charge in [0.1, 0.15) is 11.6 Å². The lowest BCUT2D eigenvalue weighted by Gasteiger charge is -2.12. The summed E-state index contributed by atoms with van der Waals surface area (Å²) < 4.78 is 17.5. The molecule has 0 unspecified atom stereocenters. The fourth-order valence-corrected chi connectivity index (χ4v) is 2.94. The zero-order valence-electron chi connectivity index (χ0n) is 18.4. The first-order valence-electron chi connectivity index (χ1n) is 10.4. The standard InChI is InChI=1S/C24H24N4O5/c1-3-4-12-32-20-11-10-17(13-21(20)31-2)24(30)33-16-22(29)27-23-18(14-25)15-26-28(23)19-8-6-5-7-9-19/h5-11,13,15H,3-4,12,16H2,1-2H3,(H,27,29). The van der Waals surface area contributed by atoms with Crippen LogP contribution in [0, 0.1) is 11.3 Å². The molecule has 1 aromatic heterocycles. The maximum absolute atomic E-state index is 12.4. The molecule has 2 aromatic carbocycles. The van der Waals surface area contributed by atoms with Crippen LogP contribution < -0.4 is 14.8 Å². The first-order valence-corrected chi connectivity index (χ1v) is 10.4. The zero-order valence-corrected chi connectivity index (χ0v) is 18.4. The number of amides is 1. The largest absolute Gasteiger partial charge is 0.493 e. The Kier molecular flexibility index (Phi) is 8.02. The van der Waals surface area contributed by atoms with Crippen molar-refractivity contribution in [2.45, 2.75) is 19.8 Å². The van der Waals surface area contributed by atoms with Gasteiger partial charge < -0.3 is 19.5 Å². The Hall–Kier alpha value is -4.32. The third-order valence-electron chi connectivity index (χ3n) is 4.64. The van der Waals surface area contributed by atoms with Crippen molar-refractivity contribution >= 4 is 17.7 Å². The smallest absolute Gasteiger partial charge is 0.338 e. The number of anilines is 1. The number of esters is 1. The molecule has 1 N–H and O–H groups in total. The van der Waals surface area contributed by atoms with Gasteiger partial charge in [-0.3, -0.25) is 4.79 Å². The van der Waals surface area contributed by atoms with Crippen molar-refractivity contribution in [3.05, 3.63) is 65.9 Å². The quantitative estimate of drug-likeness (QED) is 0.371. The summed E-state index contributed by atoms with van der Waals surface area (Å²) in [5.74, 6) is -0.182. The average molecular weight is 448 g/mol. The van der Waals surface area contributed by atoms with Gasteiger partial charge in [-0.2, -0.15) is 10.4 Å². The maximum atomic E-state index is 12.4. The van der Waals surface area contributed by atoms with Crippen molar-refractivity contribution < 1.29 is 23.8 Å². The monoisotopic (exact) mass is 448 g/mol. The summed E-state index contributed by atoms with van der Waals surface area (Å²) in [5.41, 5.74) is 1.07. The Labute approximate surface area is 191 Å². The number of unbranched alkanes of at least 4 members (excludes halogenated alkanes) is 1. The zero-order chi connectivity index (χ0) is 23.6. The van der Waals surface area contributed by atoms with Crippen LogP contribution in [-0.4, -0.2) is 42.0 Å². The molecule has 0 saturated carbocycles. The van der Waals surface area contributed by atoms with Crippen LogP contribution in [0.25, 0.3) is 5.69 Å². The van der Waals surface area contributed by atoms with E-state index in [1.807, 2.05) is 24.3 Å². The molecule has 0 atom stereocenters. The molecule has 0 saturated heterocycles. The molecule has 3 rings (SSSR count). The molecule has 0 fully saturated rings. The van der Waals surface area contributed by atoms with Crippen molar-refractivity contribution in [3.8, 4) is 23.3 Å². The molecule has 170 valence electrons. The van der Waals surface area contributed by atoms with E-state index in [4.69, 9.17) is 14.2 Å². The van der Waals surface area contributed by atoms with Crippen LogP contribution in [-0.2, 0) is 9.53 Å². The topological polar surface area (TPSA) is 115 Å². The van der Waals surface area contributed by atoms with Crippen molar-refractivity contribution in [2.75, 3.05) is 25.6 Å². The molecule has 0 aliphatic rings. The highest BCUT2D eigenvalue weighted by molar-refractivity contribution is 5.96. The minimum atomic E-state index is -0.694. The van der Waals surface area contributed by atoms with Gasteiger partial charge in [0, 0.05) is 0 Å². The molecule has 3 aromatic rings. The first kappa shape index (κ1) is 23.3. The molecular weight excluding hydrogens is 424 g/mol. The van der Waals surface area contributed by atoms with Gasteiger partial charge >= 0.3 is 5.97 Å². The second-order valence-electron chi connectivity index (χ2n) is 6.96. The Morgan fingerprint density at radius 1 is 1.15 bits per heavy atom. The van der Waals surface area contributed by atoms with Gasteiger partial charge in [-0.1, -0.05) is 31.5 Å². The van der Waals surface area contributed by atoms with Crippen molar-refractivity contribution in [2.24, 2.45) is 0 Å². The SMILES string of the molecule is CCCCOc1ccc(C(=O)OCC(=O)Nc2c(C#N)cnn2-c2ccccc2)cc1OC. The first-order chi connectivity index (χ1) is 16.1. The lowest BCUT2D eigenvalue weighted by molar-refractivity contribution is -0.119. The highest BCUT2D eigenvalue weighted by atomic mass is 16.5. The number of carbonyl (C=O) groups is 2. The summed E-state index contributed by atoms with van der Waals surface area (Å²) in [6.45, 7) is 2.06. The van der Waals surface area contributed by atoms with Gasteiger partial charge in [0.05, 0.1) is 31.2 Å². The number of benzene rings is 2. The van der Waals surface area contributed by atoms with Crippen molar-refractivity contribution in [1.82, 2.24) is 9.78 Å². The lowest BCUT2D eigenvalue weighted by Crippen LogP contribution is -2.23. The van der Waals surface area contributed by atoms with E-state index in [2.05, 4.69) is 17.3 Å². The van der Waals surface area contributed by atoms with Gasteiger partial charge in [-0.25, -0.2) is 9.48 Å². The van der Waals surface area contributed by atoms with Crippen LogP contribution in [0.5, 0.6) is 11.5 Å². The predicted octanol–water partition coefficient (Wildman–Crippen LogP) is 3.73. The molecule has 0 radical (unpaired) electrons. The molecule has 1 amide bonds. The summed E-state index contributed by atoms with van der Waals surface area (Å²) in [7, 11) is 1.48. The van der Waals surface area contributed by atoms with E-state index in [-0.39, 0.29) is 16.9 Å². The van der Waals surface area contributed by atoms with Crippen LogP contribution in [0.4, 0.5) is 5.82 Å². The molecule has 0 aliphatic heterocycles. The number of hydrogen-bond acceptors (Lipinski definition) is 7. The van der Waals surface area contributed by atoms with Crippen molar-refractivity contribution in [1.29, 1.82) is 5.26 Å². The summed E-state index contributed by atoms with van der Waals surface area (Å²) in [5, 5.41) is 16.1. The van der Waals surface area contributed by atoms with E-state index in [9.17, 15) is 14.9 Å². The normalized spacial score (nSPS) is 10.2. The summed E-state index contributed by atoms with van der Waals surface area (Å²) in [6, 6.07) is 15.7. The Balaban J connectivity index is 1.64. The second kappa shape index (κ2) is 11.3. The molecule has 33 heavy (non-hydrogen) atoms. The molecular formula is C24H24N4O5. The van der Waals surface area contributed by atoms with E-state index in [1.165, 1.54) is 24.1 Å². The van der Waals surface area contributed by atoms with Gasteiger partial charge in [0.2, 0.25) is 0 Å². The van der Waals surface area contributed by atoms with Crippen LogP contribution in [0.15, 0.2) is 54.7 Å². The van der Waals surface area contributed by atoms with E-state index < -0.39 is 18.5 Å². The highest BCUT2D eigenvalue weighted by Gasteiger charge is 2.18. The Morgan fingerprint density at radius 3 is 2.64 bits per heavy atom. The number of rotatable bonds is 10. The van der Waals surface area contributed by atoms with Crippen molar-refractivity contribution in [3.63, 3.8) is 0 Å². The fourth-order valence-electron chi connectivity index (χ4n) is 2.94. The lowest BCUT2D eigenvalue weighted by atomic mass is 10.2. The Bertz CT molecular complexity index is 1150. The number of hydrogen-bond donors (Lipinski definition) is 1. The van der Waals surface area contributed by atoms with Crippen LogP contribution in [0.3, 0.4) is 0 Å². The summed E-state index contributed by atoms with van der Waals surface area (Å²) in [6.07, 6.45) is 3.25. The summed E-state index contributed by atoms with van der Waals surface area (Å²) >= 11 is 0. The number of carbonyl (C=O) groups excluding carboxylic acids is 2. The number of para-hydroxylation sites is 1. The number of aromatic nitrogens is 2. The fraction of sp³-hybridized carbons (Fsp3) is 0.250. The predicted molar refractivity (Wildman–Crippen MR) is 121 cm³/mol. The number of nitrogens with zero attached hydrogens (tertiary/aromatic N) is 3. The van der Waals surface area contributed by atoms with Gasteiger partial charge in [0.15, 0.2) is 23.9 Å². The summed E-state index contributed by atoms with van der Waals surface area (Å²) in [4.78, 5) is 24.9. The molecule has 0 spiro atoms. The third kappa shape index (κ3) is 5.89. The number of nitriles is 1. The average Bonchev–Trinajstić information content (AvgIpc) is 3.25. The van der Waals surface area contributed by atoms with E-state index in [0.29, 0.717) is 23.8 Å². The number of methoxy groups -OCH3 is 1. The Morgan fingerprint density at radius 2 is 1.94 bits per heavy atom. The van der Waals surface area contributed by atoms with Crippen LogP contribution in [0.1, 0.15) is 35.7 Å². The van der Waals surface area contributed by atoms with Crippen LogP contribution in [0.2, 0.25) is 0 Å². The maximum Gasteiger partial charge on any atom is 0.338 e. The molecule has 9 nitrogen and oxygen atoms in total. The third-order valence-corrected chi connectivity index (χ3v) is 4.64. The molecule has 9 heteroatoms. The molecule has 0 aliphatic carbocycles. The molecule has 1 heterocycles. The van der Waals surface area contributed by atoms with Crippen LogP contribution >= 0.6 is 0 Å². The van der Waals surface area contributed by atoms with Gasteiger partial charge in [0.25, 0.3) is 5.91 Å². The second-order valence-corrected chi connectivity index (χ2v) is 6.96. The van der Waals surface area contributed by atoms with Gasteiger partial charge in [-0.15, -0.1) is 0 Å².